The largest absolute Gasteiger partial charge is 0.484 e. The fourth-order valence-electron chi connectivity index (χ4n) is 2.48. The van der Waals surface area contributed by atoms with Crippen LogP contribution in [0.4, 0.5) is 5.69 Å². The second kappa shape index (κ2) is 7.68. The summed E-state index contributed by atoms with van der Waals surface area (Å²) in [6.07, 6.45) is 1.55. The molecule has 0 aliphatic heterocycles. The molecule has 134 valence electrons. The van der Waals surface area contributed by atoms with Crippen LogP contribution in [0.5, 0.6) is 5.75 Å². The normalized spacial score (nSPS) is 10.7. The lowest BCUT2D eigenvalue weighted by atomic mass is 10.1. The molecule has 2 aromatic carbocycles. The molecular formula is C18H14Cl2N2O4. The number of amides is 1. The van der Waals surface area contributed by atoms with Crippen molar-refractivity contribution in [3.8, 4) is 5.75 Å². The number of aromatic amines is 1. The van der Waals surface area contributed by atoms with E-state index in [9.17, 15) is 9.59 Å². The molecule has 6 nitrogen and oxygen atoms in total. The maximum atomic E-state index is 12.0. The van der Waals surface area contributed by atoms with Gasteiger partial charge < -0.3 is 20.1 Å². The summed E-state index contributed by atoms with van der Waals surface area (Å²) in [7, 11) is 0. The second-order valence-corrected chi connectivity index (χ2v) is 6.40. The third-order valence-corrected chi connectivity index (χ3v) is 4.20. The summed E-state index contributed by atoms with van der Waals surface area (Å²) >= 11 is 11.8. The Morgan fingerprint density at radius 2 is 1.96 bits per heavy atom. The molecule has 3 aromatic rings. The van der Waals surface area contributed by atoms with Crippen LogP contribution in [0.3, 0.4) is 0 Å². The van der Waals surface area contributed by atoms with Gasteiger partial charge in [0.1, 0.15) is 5.75 Å². The average molecular weight is 393 g/mol. The van der Waals surface area contributed by atoms with Crippen molar-refractivity contribution < 1.29 is 19.4 Å². The van der Waals surface area contributed by atoms with Gasteiger partial charge in [-0.05, 0) is 42.0 Å². The van der Waals surface area contributed by atoms with E-state index in [1.807, 2.05) is 0 Å². The number of aromatic nitrogens is 1. The van der Waals surface area contributed by atoms with E-state index in [0.29, 0.717) is 27.0 Å². The van der Waals surface area contributed by atoms with Gasteiger partial charge in [-0.3, -0.25) is 9.59 Å². The zero-order valence-corrected chi connectivity index (χ0v) is 14.9. The number of rotatable bonds is 6. The zero-order valence-electron chi connectivity index (χ0n) is 13.4. The van der Waals surface area contributed by atoms with Crippen molar-refractivity contribution in [2.24, 2.45) is 0 Å². The Morgan fingerprint density at radius 3 is 2.69 bits per heavy atom. The van der Waals surface area contributed by atoms with Crippen molar-refractivity contribution in [2.45, 2.75) is 6.42 Å². The number of fused-ring (bicyclic) bond motifs is 1. The van der Waals surface area contributed by atoms with Gasteiger partial charge >= 0.3 is 5.97 Å². The van der Waals surface area contributed by atoms with E-state index in [1.54, 1.807) is 36.5 Å². The van der Waals surface area contributed by atoms with E-state index in [-0.39, 0.29) is 18.9 Å². The van der Waals surface area contributed by atoms with Crippen LogP contribution < -0.4 is 10.1 Å². The molecule has 0 atom stereocenters. The molecule has 1 heterocycles. The van der Waals surface area contributed by atoms with Crippen molar-refractivity contribution in [1.82, 2.24) is 4.98 Å². The minimum absolute atomic E-state index is 0.0982. The third kappa shape index (κ3) is 4.28. The van der Waals surface area contributed by atoms with E-state index in [4.69, 9.17) is 33.0 Å². The summed E-state index contributed by atoms with van der Waals surface area (Å²) in [4.78, 5) is 26.0. The molecule has 0 bridgehead atoms. The highest BCUT2D eigenvalue weighted by atomic mass is 35.5. The Labute approximate surface area is 158 Å². The van der Waals surface area contributed by atoms with Gasteiger partial charge in [0.15, 0.2) is 6.61 Å². The first-order valence-electron chi connectivity index (χ1n) is 7.62. The highest BCUT2D eigenvalue weighted by molar-refractivity contribution is 6.36. The first-order chi connectivity index (χ1) is 12.4. The second-order valence-electron chi connectivity index (χ2n) is 5.55. The molecule has 0 saturated heterocycles. The van der Waals surface area contributed by atoms with Crippen LogP contribution in [0.25, 0.3) is 10.9 Å². The number of carboxylic acids is 1. The standard InChI is InChI=1S/C18H14Cl2N2O4/c19-11-1-3-16(14(20)6-11)22-17(23)9-26-12-2-4-15-13(7-12)10(8-21-15)5-18(24)25/h1-4,6-8,21H,5,9H2,(H,22,23)(H,24,25). The molecular weight excluding hydrogens is 379 g/mol. The predicted octanol–water partition coefficient (Wildman–Crippen LogP) is 4.12. The molecule has 0 aliphatic rings. The van der Waals surface area contributed by atoms with Gasteiger partial charge in [0.2, 0.25) is 0 Å². The molecule has 0 fully saturated rings. The number of benzene rings is 2. The number of hydrogen-bond donors (Lipinski definition) is 3. The lowest BCUT2D eigenvalue weighted by molar-refractivity contribution is -0.136. The maximum Gasteiger partial charge on any atom is 0.307 e. The molecule has 0 saturated carbocycles. The van der Waals surface area contributed by atoms with Crippen molar-refractivity contribution in [1.29, 1.82) is 0 Å². The summed E-state index contributed by atoms with van der Waals surface area (Å²) in [5, 5.41) is 13.1. The SMILES string of the molecule is O=C(O)Cc1c[nH]c2ccc(OCC(=O)Nc3ccc(Cl)cc3Cl)cc12. The Balaban J connectivity index is 1.67. The van der Waals surface area contributed by atoms with Gasteiger partial charge in [-0.2, -0.15) is 0 Å². The average Bonchev–Trinajstić information content (AvgIpc) is 2.97. The first-order valence-corrected chi connectivity index (χ1v) is 8.37. The van der Waals surface area contributed by atoms with Gasteiger partial charge in [-0.25, -0.2) is 0 Å². The van der Waals surface area contributed by atoms with Crippen molar-refractivity contribution >= 4 is 51.7 Å². The number of halogens is 2. The quantitative estimate of drug-likeness (QED) is 0.588. The molecule has 8 heteroatoms. The summed E-state index contributed by atoms with van der Waals surface area (Å²) in [5.74, 6) is -0.841. The number of carbonyl (C=O) groups excluding carboxylic acids is 1. The lowest BCUT2D eigenvalue weighted by Crippen LogP contribution is -2.20. The molecule has 1 amide bonds. The van der Waals surface area contributed by atoms with E-state index < -0.39 is 5.97 Å². The summed E-state index contributed by atoms with van der Waals surface area (Å²) < 4.78 is 5.50. The number of carbonyl (C=O) groups is 2. The molecule has 0 unspecified atom stereocenters. The van der Waals surface area contributed by atoms with Crippen LogP contribution in [0.15, 0.2) is 42.6 Å². The van der Waals surface area contributed by atoms with Crippen LogP contribution in [-0.4, -0.2) is 28.6 Å². The van der Waals surface area contributed by atoms with Gasteiger partial charge in [-0.1, -0.05) is 23.2 Å². The fraction of sp³-hybridized carbons (Fsp3) is 0.111. The number of hydrogen-bond acceptors (Lipinski definition) is 3. The number of aliphatic carboxylic acids is 1. The summed E-state index contributed by atoms with van der Waals surface area (Å²) in [6, 6.07) is 9.92. The van der Waals surface area contributed by atoms with Gasteiger partial charge in [0, 0.05) is 22.1 Å². The van der Waals surface area contributed by atoms with Gasteiger partial charge in [0.05, 0.1) is 17.1 Å². The monoisotopic (exact) mass is 392 g/mol. The van der Waals surface area contributed by atoms with Crippen LogP contribution in [0.1, 0.15) is 5.56 Å². The maximum absolute atomic E-state index is 12.0. The molecule has 26 heavy (non-hydrogen) atoms. The minimum Gasteiger partial charge on any atom is -0.484 e. The van der Waals surface area contributed by atoms with E-state index in [0.717, 1.165) is 10.9 Å². The number of nitrogens with one attached hydrogen (secondary N) is 2. The highest BCUT2D eigenvalue weighted by Crippen LogP contribution is 2.26. The van der Waals surface area contributed by atoms with Crippen molar-refractivity contribution in [3.05, 3.63) is 58.2 Å². The molecule has 0 radical (unpaired) electrons. The van der Waals surface area contributed by atoms with E-state index in [2.05, 4.69) is 10.3 Å². The minimum atomic E-state index is -0.920. The Hall–Kier alpha value is -2.70. The topological polar surface area (TPSA) is 91.4 Å². The van der Waals surface area contributed by atoms with Crippen LogP contribution in [-0.2, 0) is 16.0 Å². The van der Waals surface area contributed by atoms with Crippen LogP contribution >= 0.6 is 23.2 Å². The highest BCUT2D eigenvalue weighted by Gasteiger charge is 2.11. The van der Waals surface area contributed by atoms with Crippen LogP contribution in [0.2, 0.25) is 10.0 Å². The van der Waals surface area contributed by atoms with E-state index in [1.165, 1.54) is 6.07 Å². The molecule has 1 aromatic heterocycles. The number of carboxylic acid groups (broad SMARTS) is 1. The first kappa shape index (κ1) is 18.1. The number of H-pyrrole nitrogens is 1. The lowest BCUT2D eigenvalue weighted by Gasteiger charge is -2.09. The zero-order chi connectivity index (χ0) is 18.7. The third-order valence-electron chi connectivity index (χ3n) is 3.66. The Bertz CT molecular complexity index is 984. The molecule has 0 aliphatic carbocycles. The number of ether oxygens (including phenoxy) is 1. The fourth-order valence-corrected chi connectivity index (χ4v) is 2.94. The molecule has 0 spiro atoms. The summed E-state index contributed by atoms with van der Waals surface area (Å²) in [6.45, 7) is -0.219. The molecule has 3 rings (SSSR count). The van der Waals surface area contributed by atoms with Crippen molar-refractivity contribution in [3.63, 3.8) is 0 Å². The van der Waals surface area contributed by atoms with Gasteiger partial charge in [0.25, 0.3) is 5.91 Å². The van der Waals surface area contributed by atoms with Gasteiger partial charge in [-0.15, -0.1) is 0 Å². The smallest absolute Gasteiger partial charge is 0.307 e. The Kier molecular flexibility index (Phi) is 5.35. The predicted molar refractivity (Wildman–Crippen MR) is 100 cm³/mol. The molecule has 3 N–H and O–H groups in total. The summed E-state index contributed by atoms with van der Waals surface area (Å²) in [5.41, 5.74) is 1.89. The van der Waals surface area contributed by atoms with Crippen molar-refractivity contribution in [2.75, 3.05) is 11.9 Å². The van der Waals surface area contributed by atoms with E-state index >= 15 is 0 Å². The number of anilines is 1. The van der Waals surface area contributed by atoms with Crippen LogP contribution in [0, 0.1) is 0 Å². The Morgan fingerprint density at radius 1 is 1.15 bits per heavy atom.